The van der Waals surface area contributed by atoms with E-state index >= 15 is 0 Å². The number of aryl methyl sites for hydroxylation is 1. The van der Waals surface area contributed by atoms with Crippen molar-refractivity contribution in [3.05, 3.63) is 71.9 Å². The summed E-state index contributed by atoms with van der Waals surface area (Å²) in [6.45, 7) is 13.8. The van der Waals surface area contributed by atoms with Gasteiger partial charge in [-0.2, -0.15) is 5.10 Å². The zero-order valence-electron chi connectivity index (χ0n) is 18.9. The van der Waals surface area contributed by atoms with E-state index in [1.165, 1.54) is 12.3 Å². The molecule has 1 amide bonds. The average molecular weight is 412 g/mol. The van der Waals surface area contributed by atoms with Crippen LogP contribution in [0.3, 0.4) is 0 Å². The van der Waals surface area contributed by atoms with Crippen molar-refractivity contribution in [3.8, 4) is 0 Å². The summed E-state index contributed by atoms with van der Waals surface area (Å²) in [6, 6.07) is 0. The van der Waals surface area contributed by atoms with E-state index < -0.39 is 0 Å². The van der Waals surface area contributed by atoms with Gasteiger partial charge < -0.3 is 10.4 Å². The van der Waals surface area contributed by atoms with E-state index in [1.54, 1.807) is 30.0 Å². The molecule has 30 heavy (non-hydrogen) atoms. The van der Waals surface area contributed by atoms with E-state index in [0.29, 0.717) is 22.9 Å². The first-order valence-electron chi connectivity index (χ1n) is 10.8. The second kappa shape index (κ2) is 13.4. The fourth-order valence-corrected chi connectivity index (χ4v) is 3.30. The van der Waals surface area contributed by atoms with Gasteiger partial charge in [0.1, 0.15) is 5.76 Å². The van der Waals surface area contributed by atoms with Crippen LogP contribution in [0.4, 0.5) is 0 Å². The number of amides is 1. The molecule has 5 nitrogen and oxygen atoms in total. The molecular weight excluding hydrogens is 374 g/mol. The molecule has 0 fully saturated rings. The highest BCUT2D eigenvalue weighted by atomic mass is 16.3. The van der Waals surface area contributed by atoms with Gasteiger partial charge >= 0.3 is 0 Å². The molecule has 0 atom stereocenters. The number of nitrogens with one attached hydrogen (secondary N) is 1. The van der Waals surface area contributed by atoms with Gasteiger partial charge in [-0.3, -0.25) is 9.48 Å². The smallest absolute Gasteiger partial charge is 0.259 e. The van der Waals surface area contributed by atoms with Gasteiger partial charge in [0.25, 0.3) is 5.91 Å². The lowest BCUT2D eigenvalue weighted by molar-refractivity contribution is 0.0965. The average Bonchev–Trinajstić information content (AvgIpc) is 3.11. The van der Waals surface area contributed by atoms with Crippen molar-refractivity contribution in [2.24, 2.45) is 13.0 Å². The minimum Gasteiger partial charge on any atom is -0.506 e. The van der Waals surface area contributed by atoms with Crippen LogP contribution in [-0.2, 0) is 7.05 Å². The molecule has 0 aliphatic heterocycles. The maximum Gasteiger partial charge on any atom is 0.259 e. The Balaban J connectivity index is 3.18. The third-order valence-corrected chi connectivity index (χ3v) is 5.17. The number of hydrogen-bond donors (Lipinski definition) is 2. The summed E-state index contributed by atoms with van der Waals surface area (Å²) >= 11 is 0. The van der Waals surface area contributed by atoms with Crippen LogP contribution in [0.1, 0.15) is 75.3 Å². The highest BCUT2D eigenvalue weighted by Crippen LogP contribution is 2.25. The molecule has 1 heterocycles. The summed E-state index contributed by atoms with van der Waals surface area (Å²) in [6.07, 6.45) is 16.7. The lowest BCUT2D eigenvalue weighted by atomic mass is 9.89. The molecule has 0 saturated heterocycles. The Kier molecular flexibility index (Phi) is 11.3. The Hall–Kier alpha value is -2.82. The van der Waals surface area contributed by atoms with Gasteiger partial charge in [-0.15, -0.1) is 0 Å². The number of aromatic nitrogens is 2. The SMILES string of the molecule is C=C/C=C\c1c(C(=O)NC(/C=C(\C)C(CCCC)CCCC)=C(\O)C=C)cnn1C. The van der Waals surface area contributed by atoms with Crippen LogP contribution in [0, 0.1) is 5.92 Å². The Morgan fingerprint density at radius 2 is 1.90 bits per heavy atom. The molecule has 0 aliphatic carbocycles. The molecule has 1 aromatic heterocycles. The normalized spacial score (nSPS) is 12.9. The Bertz CT molecular complexity index is 804. The third kappa shape index (κ3) is 7.54. The quantitative estimate of drug-likeness (QED) is 0.298. The molecule has 164 valence electrons. The van der Waals surface area contributed by atoms with Crippen molar-refractivity contribution in [1.29, 1.82) is 0 Å². The van der Waals surface area contributed by atoms with Crippen LogP contribution in [-0.4, -0.2) is 20.8 Å². The van der Waals surface area contributed by atoms with Crippen molar-refractivity contribution in [2.75, 3.05) is 0 Å². The van der Waals surface area contributed by atoms with E-state index in [1.807, 2.05) is 6.08 Å². The minimum atomic E-state index is -0.335. The van der Waals surface area contributed by atoms with Crippen LogP contribution >= 0.6 is 0 Å². The lowest BCUT2D eigenvalue weighted by Gasteiger charge is -2.18. The standard InChI is InChI=1S/C25H37N3O2/c1-7-11-14-20(15-12-8-2)19(5)17-22(24(29)10-4)27-25(30)21-18-26-28(6)23(21)16-13-9-3/h9-10,13,16-18,20,29H,3-4,7-8,11-12,14-15H2,1-2,5-6H3,(H,27,30)/b16-13-,19-17+,24-22-. The largest absolute Gasteiger partial charge is 0.506 e. The molecule has 0 spiro atoms. The fraction of sp³-hybridized carbons (Fsp3) is 0.440. The molecule has 0 radical (unpaired) electrons. The predicted octanol–water partition coefficient (Wildman–Crippen LogP) is 6.25. The number of carbonyl (C=O) groups excluding carboxylic acids is 1. The monoisotopic (exact) mass is 411 g/mol. The molecular formula is C25H37N3O2. The van der Waals surface area contributed by atoms with Crippen molar-refractivity contribution in [3.63, 3.8) is 0 Å². The van der Waals surface area contributed by atoms with E-state index in [2.05, 4.69) is 44.3 Å². The number of carbonyl (C=O) groups is 1. The fourth-order valence-electron chi connectivity index (χ4n) is 3.30. The van der Waals surface area contributed by atoms with Crippen molar-refractivity contribution < 1.29 is 9.90 Å². The Morgan fingerprint density at radius 1 is 1.27 bits per heavy atom. The number of aliphatic hydroxyl groups is 1. The molecule has 1 aromatic rings. The van der Waals surface area contributed by atoms with E-state index in [9.17, 15) is 9.90 Å². The number of aliphatic hydroxyl groups excluding tert-OH is 1. The second-order valence-electron chi connectivity index (χ2n) is 7.49. The third-order valence-electron chi connectivity index (χ3n) is 5.17. The van der Waals surface area contributed by atoms with Gasteiger partial charge in [-0.1, -0.05) is 70.4 Å². The molecule has 0 aromatic carbocycles. The zero-order valence-corrected chi connectivity index (χ0v) is 18.9. The van der Waals surface area contributed by atoms with Crippen molar-refractivity contribution in [2.45, 2.75) is 59.3 Å². The number of unbranched alkanes of at least 4 members (excludes halogenated alkanes) is 2. The number of nitrogens with zero attached hydrogens (tertiary/aromatic N) is 2. The second-order valence-corrected chi connectivity index (χ2v) is 7.49. The van der Waals surface area contributed by atoms with Crippen molar-refractivity contribution in [1.82, 2.24) is 15.1 Å². The first-order valence-corrected chi connectivity index (χ1v) is 10.8. The number of allylic oxidation sites excluding steroid dienone is 5. The predicted molar refractivity (Wildman–Crippen MR) is 126 cm³/mol. The Labute approximate surface area is 181 Å². The maximum atomic E-state index is 12.9. The summed E-state index contributed by atoms with van der Waals surface area (Å²) in [5.74, 6) is 0.0383. The maximum absolute atomic E-state index is 12.9. The summed E-state index contributed by atoms with van der Waals surface area (Å²) in [5, 5.41) is 17.4. The van der Waals surface area contributed by atoms with Gasteiger partial charge in [0.2, 0.25) is 0 Å². The van der Waals surface area contributed by atoms with Crippen LogP contribution in [0.2, 0.25) is 0 Å². The van der Waals surface area contributed by atoms with Gasteiger partial charge in [-0.25, -0.2) is 0 Å². The van der Waals surface area contributed by atoms with Crippen LogP contribution < -0.4 is 5.32 Å². The molecule has 0 unspecified atom stereocenters. The zero-order chi connectivity index (χ0) is 22.5. The molecule has 0 bridgehead atoms. The Morgan fingerprint density at radius 3 is 2.43 bits per heavy atom. The first kappa shape index (κ1) is 25.2. The van der Waals surface area contributed by atoms with Gasteiger partial charge in [0.05, 0.1) is 23.2 Å². The summed E-state index contributed by atoms with van der Waals surface area (Å²) in [5.41, 5.74) is 2.59. The van der Waals surface area contributed by atoms with Crippen LogP contribution in [0.25, 0.3) is 6.08 Å². The van der Waals surface area contributed by atoms with E-state index in [4.69, 9.17) is 0 Å². The highest BCUT2D eigenvalue weighted by Gasteiger charge is 2.17. The number of hydrogen-bond acceptors (Lipinski definition) is 3. The lowest BCUT2D eigenvalue weighted by Crippen LogP contribution is -2.24. The van der Waals surface area contributed by atoms with Crippen LogP contribution in [0.15, 0.2) is 60.7 Å². The van der Waals surface area contributed by atoms with E-state index in [-0.39, 0.29) is 11.7 Å². The number of rotatable bonds is 13. The molecule has 0 saturated carbocycles. The molecule has 0 aliphatic rings. The highest BCUT2D eigenvalue weighted by molar-refractivity contribution is 5.98. The first-order chi connectivity index (χ1) is 14.4. The molecule has 2 N–H and O–H groups in total. The van der Waals surface area contributed by atoms with Gasteiger partial charge in [-0.05, 0) is 43.9 Å². The molecule has 1 rings (SSSR count). The van der Waals surface area contributed by atoms with Crippen LogP contribution in [0.5, 0.6) is 0 Å². The van der Waals surface area contributed by atoms with Crippen molar-refractivity contribution >= 4 is 12.0 Å². The minimum absolute atomic E-state index is 0.0560. The summed E-state index contributed by atoms with van der Waals surface area (Å²) in [7, 11) is 1.77. The van der Waals surface area contributed by atoms with Gasteiger partial charge in [0, 0.05) is 7.05 Å². The molecule has 5 heteroatoms. The topological polar surface area (TPSA) is 67.2 Å². The summed E-state index contributed by atoms with van der Waals surface area (Å²) < 4.78 is 1.62. The summed E-state index contributed by atoms with van der Waals surface area (Å²) in [4.78, 5) is 12.9. The van der Waals surface area contributed by atoms with Gasteiger partial charge in [0.15, 0.2) is 0 Å². The van der Waals surface area contributed by atoms with E-state index in [0.717, 1.165) is 44.1 Å².